The summed E-state index contributed by atoms with van der Waals surface area (Å²) in [7, 11) is 0. The summed E-state index contributed by atoms with van der Waals surface area (Å²) in [6.45, 7) is 1.13. The Bertz CT molecular complexity index is 920. The van der Waals surface area contributed by atoms with Gasteiger partial charge < -0.3 is 15.0 Å². The molecule has 0 fully saturated rings. The average Bonchev–Trinajstić information content (AvgIpc) is 3.06. The molecule has 2 heterocycles. The molecule has 0 bridgehead atoms. The highest BCUT2D eigenvalue weighted by molar-refractivity contribution is 6.37. The summed E-state index contributed by atoms with van der Waals surface area (Å²) >= 11 is 5.75. The quantitative estimate of drug-likeness (QED) is 0.276. The lowest BCUT2D eigenvalue weighted by atomic mass is 10.2. The van der Waals surface area contributed by atoms with Crippen molar-refractivity contribution in [2.45, 2.75) is 6.54 Å². The molecule has 2 aromatic rings. The van der Waals surface area contributed by atoms with Crippen LogP contribution in [0.15, 0.2) is 46.6 Å². The molecule has 8 nitrogen and oxygen atoms in total. The van der Waals surface area contributed by atoms with E-state index in [1.807, 2.05) is 0 Å². The van der Waals surface area contributed by atoms with Crippen LogP contribution in [0.3, 0.4) is 0 Å². The van der Waals surface area contributed by atoms with E-state index in [1.165, 1.54) is 0 Å². The Kier molecular flexibility index (Phi) is 5.55. The average molecular weight is 395 g/mol. The molecule has 11 heteroatoms. The number of amidine groups is 2. The van der Waals surface area contributed by atoms with Gasteiger partial charge in [-0.2, -0.15) is 5.43 Å². The topological polar surface area (TPSA) is 96.0 Å². The predicted molar refractivity (Wildman–Crippen MR) is 96.4 cm³/mol. The van der Waals surface area contributed by atoms with Gasteiger partial charge >= 0.3 is 5.84 Å². The maximum atomic E-state index is 13.7. The summed E-state index contributed by atoms with van der Waals surface area (Å²) in [4.78, 5) is 20.5. The SMILES string of the molecule is O=[N+]([O-])C(=NNc1ccc(F)cc1F)C1=NCCN1Cc1ccc(Cl)nc1. The number of aromatic nitrogens is 1. The van der Waals surface area contributed by atoms with Crippen LogP contribution in [-0.4, -0.2) is 39.6 Å². The van der Waals surface area contributed by atoms with Gasteiger partial charge in [0.05, 0.1) is 11.6 Å². The van der Waals surface area contributed by atoms with Crippen molar-refractivity contribution in [1.29, 1.82) is 0 Å². The van der Waals surface area contributed by atoms with E-state index in [4.69, 9.17) is 11.6 Å². The second-order valence-corrected chi connectivity index (χ2v) is 5.93. The van der Waals surface area contributed by atoms with Crippen LogP contribution in [0.5, 0.6) is 0 Å². The van der Waals surface area contributed by atoms with Gasteiger partial charge in [0, 0.05) is 25.4 Å². The summed E-state index contributed by atoms with van der Waals surface area (Å²) in [6.07, 6.45) is 1.56. The van der Waals surface area contributed by atoms with Gasteiger partial charge in [-0.3, -0.25) is 4.99 Å². The standard InChI is InChI=1S/C16H13ClF2N6O2/c17-14-4-1-10(8-21-14)9-24-6-5-20-15(24)16(25(26)27)23-22-13-3-2-11(18)7-12(13)19/h1-4,7-8,22H,5-6,9H2. The van der Waals surface area contributed by atoms with E-state index in [2.05, 4.69) is 20.5 Å². The third-order valence-electron chi connectivity index (χ3n) is 3.68. The van der Waals surface area contributed by atoms with Gasteiger partial charge in [-0.25, -0.2) is 13.8 Å². The molecule has 1 aromatic heterocycles. The van der Waals surface area contributed by atoms with Crippen molar-refractivity contribution in [2.24, 2.45) is 10.1 Å². The number of aliphatic imine (C=N–C) groups is 1. The van der Waals surface area contributed by atoms with Gasteiger partial charge in [0.2, 0.25) is 5.84 Å². The van der Waals surface area contributed by atoms with Gasteiger partial charge in [-0.15, -0.1) is 0 Å². The van der Waals surface area contributed by atoms with E-state index >= 15 is 0 Å². The first-order chi connectivity index (χ1) is 12.9. The molecule has 1 aliphatic rings. The van der Waals surface area contributed by atoms with E-state index < -0.39 is 22.4 Å². The number of nitrogens with one attached hydrogen (secondary N) is 1. The molecule has 1 aromatic carbocycles. The normalized spacial score (nSPS) is 14.3. The number of pyridine rings is 1. The molecule has 0 aliphatic carbocycles. The van der Waals surface area contributed by atoms with E-state index in [0.29, 0.717) is 30.9 Å². The fraction of sp³-hybridized carbons (Fsp3) is 0.188. The highest BCUT2D eigenvalue weighted by Gasteiger charge is 2.31. The van der Waals surface area contributed by atoms with Crippen molar-refractivity contribution in [3.05, 3.63) is 69.0 Å². The lowest BCUT2D eigenvalue weighted by molar-refractivity contribution is -0.346. The summed E-state index contributed by atoms with van der Waals surface area (Å²) < 4.78 is 26.6. The van der Waals surface area contributed by atoms with Gasteiger partial charge in [-0.1, -0.05) is 17.7 Å². The Hall–Kier alpha value is -3.14. The first-order valence-electron chi connectivity index (χ1n) is 7.77. The van der Waals surface area contributed by atoms with E-state index in [9.17, 15) is 18.9 Å². The second-order valence-electron chi connectivity index (χ2n) is 5.54. The Morgan fingerprint density at radius 1 is 1.37 bits per heavy atom. The molecular weight excluding hydrogens is 382 g/mol. The fourth-order valence-electron chi connectivity index (χ4n) is 2.43. The van der Waals surface area contributed by atoms with Crippen molar-refractivity contribution in [3.63, 3.8) is 0 Å². The van der Waals surface area contributed by atoms with Gasteiger partial charge in [0.1, 0.15) is 16.7 Å². The van der Waals surface area contributed by atoms with Crippen molar-refractivity contribution in [1.82, 2.24) is 9.88 Å². The lowest BCUT2D eigenvalue weighted by Gasteiger charge is -2.18. The summed E-state index contributed by atoms with van der Waals surface area (Å²) in [6, 6.07) is 6.13. The molecule has 140 valence electrons. The zero-order chi connectivity index (χ0) is 19.4. The third-order valence-corrected chi connectivity index (χ3v) is 3.90. The molecule has 1 N–H and O–H groups in total. The van der Waals surface area contributed by atoms with Crippen LogP contribution in [-0.2, 0) is 6.54 Å². The maximum absolute atomic E-state index is 13.7. The van der Waals surface area contributed by atoms with Crippen LogP contribution in [0.2, 0.25) is 5.15 Å². The first-order valence-corrected chi connectivity index (χ1v) is 8.15. The van der Waals surface area contributed by atoms with Crippen LogP contribution < -0.4 is 5.43 Å². The number of nitrogens with zero attached hydrogens (tertiary/aromatic N) is 5. The maximum Gasteiger partial charge on any atom is 0.430 e. The van der Waals surface area contributed by atoms with Crippen LogP contribution in [0, 0.1) is 21.7 Å². The smallest absolute Gasteiger partial charge is 0.358 e. The first kappa shape index (κ1) is 18.6. The number of anilines is 1. The molecule has 0 amide bonds. The molecule has 3 rings (SSSR count). The van der Waals surface area contributed by atoms with Crippen molar-refractivity contribution in [2.75, 3.05) is 18.5 Å². The number of halogens is 3. The predicted octanol–water partition coefficient (Wildman–Crippen LogP) is 2.93. The van der Waals surface area contributed by atoms with Gasteiger partial charge in [0.15, 0.2) is 5.82 Å². The number of hydrogen-bond donors (Lipinski definition) is 1. The van der Waals surface area contributed by atoms with Crippen molar-refractivity contribution >= 4 is 29.0 Å². The Morgan fingerprint density at radius 3 is 2.85 bits per heavy atom. The molecule has 1 aliphatic heterocycles. The van der Waals surface area contributed by atoms with E-state index in [1.54, 1.807) is 23.2 Å². The minimum absolute atomic E-state index is 0.0602. The number of hydrazone groups is 1. The van der Waals surface area contributed by atoms with E-state index in [0.717, 1.165) is 17.7 Å². The Labute approximate surface area is 157 Å². The highest BCUT2D eigenvalue weighted by atomic mass is 35.5. The van der Waals surface area contributed by atoms with E-state index in [-0.39, 0.29) is 11.5 Å². The Morgan fingerprint density at radius 2 is 2.19 bits per heavy atom. The monoisotopic (exact) mass is 394 g/mol. The lowest BCUT2D eigenvalue weighted by Crippen LogP contribution is -2.37. The largest absolute Gasteiger partial charge is 0.430 e. The number of benzene rings is 1. The number of nitro groups is 1. The molecule has 0 saturated heterocycles. The summed E-state index contributed by atoms with van der Waals surface area (Å²) in [5.41, 5.74) is 2.85. The van der Waals surface area contributed by atoms with Gasteiger partial charge in [-0.05, 0) is 28.7 Å². The van der Waals surface area contributed by atoms with Gasteiger partial charge in [0.25, 0.3) is 0 Å². The number of rotatable bonds is 5. The fourth-order valence-corrected chi connectivity index (χ4v) is 2.55. The van der Waals surface area contributed by atoms with Crippen LogP contribution in [0.25, 0.3) is 0 Å². The molecule has 0 spiro atoms. The molecular formula is C16H13ClF2N6O2. The van der Waals surface area contributed by atoms with Crippen LogP contribution in [0.1, 0.15) is 5.56 Å². The van der Waals surface area contributed by atoms with Crippen molar-refractivity contribution in [3.8, 4) is 0 Å². The van der Waals surface area contributed by atoms with Crippen molar-refractivity contribution < 1.29 is 13.7 Å². The second kappa shape index (κ2) is 8.04. The van der Waals surface area contributed by atoms with Crippen LogP contribution >= 0.6 is 11.6 Å². The highest BCUT2D eigenvalue weighted by Crippen LogP contribution is 2.16. The zero-order valence-corrected chi connectivity index (χ0v) is 14.5. The summed E-state index contributed by atoms with van der Waals surface area (Å²) in [5, 5.41) is 15.4. The number of hydrogen-bond acceptors (Lipinski definition) is 7. The molecule has 0 radical (unpaired) electrons. The molecule has 0 saturated carbocycles. The molecule has 27 heavy (non-hydrogen) atoms. The molecule has 0 unspecified atom stereocenters. The minimum atomic E-state index is -0.918. The third kappa shape index (κ3) is 4.53. The minimum Gasteiger partial charge on any atom is -0.358 e. The zero-order valence-electron chi connectivity index (χ0n) is 13.8. The van der Waals surface area contributed by atoms with Crippen LogP contribution in [0.4, 0.5) is 14.5 Å². The summed E-state index contributed by atoms with van der Waals surface area (Å²) in [5.74, 6) is -2.19. The molecule has 0 atom stereocenters. The Balaban J connectivity index is 1.80.